The van der Waals surface area contributed by atoms with E-state index in [1.165, 1.54) is 4.90 Å². The number of carbonyl (C=O) groups is 1. The molecule has 1 aliphatic rings. The SMILES string of the molecule is Cc1cc(C2CCCN2C(=O)O)nc(-c2ncc[nH]2)n1. The number of amides is 1. The van der Waals surface area contributed by atoms with Crippen LogP contribution in [0.25, 0.3) is 11.6 Å². The highest BCUT2D eigenvalue weighted by molar-refractivity contribution is 5.66. The van der Waals surface area contributed by atoms with Gasteiger partial charge in [0, 0.05) is 24.6 Å². The maximum absolute atomic E-state index is 11.2. The number of likely N-dealkylation sites (tertiary alicyclic amines) is 1. The molecule has 2 N–H and O–H groups in total. The molecule has 1 unspecified atom stereocenters. The Hall–Kier alpha value is -2.44. The van der Waals surface area contributed by atoms with Gasteiger partial charge in [-0.05, 0) is 25.8 Å². The summed E-state index contributed by atoms with van der Waals surface area (Å²) in [5.74, 6) is 1.09. The van der Waals surface area contributed by atoms with Gasteiger partial charge >= 0.3 is 6.09 Å². The lowest BCUT2D eigenvalue weighted by atomic mass is 10.1. The monoisotopic (exact) mass is 273 g/mol. The third kappa shape index (κ3) is 2.22. The summed E-state index contributed by atoms with van der Waals surface area (Å²) < 4.78 is 0. The van der Waals surface area contributed by atoms with Crippen LogP contribution in [-0.4, -0.2) is 42.6 Å². The lowest BCUT2D eigenvalue weighted by Crippen LogP contribution is -2.29. The number of rotatable bonds is 2. The third-order valence-electron chi connectivity index (χ3n) is 3.42. The molecule has 1 atom stereocenters. The van der Waals surface area contributed by atoms with E-state index in [2.05, 4.69) is 19.9 Å². The molecule has 20 heavy (non-hydrogen) atoms. The molecule has 0 aromatic carbocycles. The number of aromatic amines is 1. The van der Waals surface area contributed by atoms with Gasteiger partial charge in [-0.15, -0.1) is 0 Å². The van der Waals surface area contributed by atoms with Crippen LogP contribution in [0.1, 0.15) is 30.3 Å². The second-order valence-corrected chi connectivity index (χ2v) is 4.83. The van der Waals surface area contributed by atoms with E-state index >= 15 is 0 Å². The van der Waals surface area contributed by atoms with E-state index in [9.17, 15) is 9.90 Å². The van der Waals surface area contributed by atoms with Crippen molar-refractivity contribution in [3.8, 4) is 11.6 Å². The Morgan fingerprint density at radius 1 is 1.50 bits per heavy atom. The van der Waals surface area contributed by atoms with Gasteiger partial charge in [0.1, 0.15) is 0 Å². The van der Waals surface area contributed by atoms with E-state index in [4.69, 9.17) is 0 Å². The fourth-order valence-corrected chi connectivity index (χ4v) is 2.56. The Kier molecular flexibility index (Phi) is 3.09. The number of nitrogens with zero attached hydrogens (tertiary/aromatic N) is 4. The predicted molar refractivity (Wildman–Crippen MR) is 71.1 cm³/mol. The number of nitrogens with one attached hydrogen (secondary N) is 1. The van der Waals surface area contributed by atoms with Crippen molar-refractivity contribution in [2.45, 2.75) is 25.8 Å². The van der Waals surface area contributed by atoms with Crippen molar-refractivity contribution < 1.29 is 9.90 Å². The van der Waals surface area contributed by atoms with E-state index in [1.807, 2.05) is 13.0 Å². The number of aromatic nitrogens is 4. The van der Waals surface area contributed by atoms with Crippen LogP contribution in [0.3, 0.4) is 0 Å². The first-order chi connectivity index (χ1) is 9.65. The van der Waals surface area contributed by atoms with Gasteiger partial charge in [-0.25, -0.2) is 19.7 Å². The number of imidazole rings is 1. The quantitative estimate of drug-likeness (QED) is 0.872. The molecule has 0 radical (unpaired) electrons. The zero-order valence-corrected chi connectivity index (χ0v) is 11.1. The van der Waals surface area contributed by atoms with Gasteiger partial charge in [0.05, 0.1) is 11.7 Å². The Morgan fingerprint density at radius 3 is 3.05 bits per heavy atom. The molecule has 1 amide bonds. The number of H-pyrrole nitrogens is 1. The van der Waals surface area contributed by atoms with Gasteiger partial charge in [0.25, 0.3) is 0 Å². The Morgan fingerprint density at radius 2 is 2.35 bits per heavy atom. The van der Waals surface area contributed by atoms with Gasteiger partial charge < -0.3 is 10.1 Å². The summed E-state index contributed by atoms with van der Waals surface area (Å²) in [6.07, 6.45) is 4.10. The zero-order chi connectivity index (χ0) is 14.1. The second-order valence-electron chi connectivity index (χ2n) is 4.83. The second kappa shape index (κ2) is 4.92. The number of carboxylic acid groups (broad SMARTS) is 1. The summed E-state index contributed by atoms with van der Waals surface area (Å²) in [4.78, 5) is 28.6. The molecular formula is C13H15N5O2. The molecule has 0 spiro atoms. The Labute approximate surface area is 115 Å². The number of hydrogen-bond acceptors (Lipinski definition) is 4. The van der Waals surface area contributed by atoms with Crippen LogP contribution in [-0.2, 0) is 0 Å². The summed E-state index contributed by atoms with van der Waals surface area (Å²) in [7, 11) is 0. The van der Waals surface area contributed by atoms with Crippen LogP contribution in [0, 0.1) is 6.92 Å². The van der Waals surface area contributed by atoms with Gasteiger partial charge in [-0.1, -0.05) is 0 Å². The minimum Gasteiger partial charge on any atom is -0.465 e. The standard InChI is InChI=1S/C13H15N5O2/c1-8-7-9(10-3-2-6-18(10)13(19)20)17-12(16-8)11-14-4-5-15-11/h4-5,7,10H,2-3,6H2,1H3,(H,14,15)(H,19,20). The van der Waals surface area contributed by atoms with Gasteiger partial charge in [-0.3, -0.25) is 4.90 Å². The van der Waals surface area contributed by atoms with E-state index in [0.29, 0.717) is 18.2 Å². The topological polar surface area (TPSA) is 95.0 Å². The molecule has 3 rings (SSSR count). The highest BCUT2D eigenvalue weighted by Crippen LogP contribution is 2.31. The van der Waals surface area contributed by atoms with Crippen molar-refractivity contribution in [1.29, 1.82) is 0 Å². The smallest absolute Gasteiger partial charge is 0.407 e. The van der Waals surface area contributed by atoms with Crippen molar-refractivity contribution in [3.05, 3.63) is 29.8 Å². The third-order valence-corrected chi connectivity index (χ3v) is 3.42. The van der Waals surface area contributed by atoms with E-state index in [1.54, 1.807) is 12.4 Å². The molecule has 7 nitrogen and oxygen atoms in total. The predicted octanol–water partition coefficient (Wildman–Crippen LogP) is 1.99. The summed E-state index contributed by atoms with van der Waals surface area (Å²) in [6.45, 7) is 2.43. The molecular weight excluding hydrogens is 258 g/mol. The van der Waals surface area contributed by atoms with Crippen LogP contribution in [0.4, 0.5) is 4.79 Å². The molecule has 0 aliphatic carbocycles. The van der Waals surface area contributed by atoms with Gasteiger partial charge in [0.2, 0.25) is 0 Å². The maximum atomic E-state index is 11.2. The highest BCUT2D eigenvalue weighted by atomic mass is 16.4. The molecule has 2 aromatic rings. The maximum Gasteiger partial charge on any atom is 0.407 e. The summed E-state index contributed by atoms with van der Waals surface area (Å²) in [5.41, 5.74) is 1.54. The summed E-state index contributed by atoms with van der Waals surface area (Å²) in [6, 6.07) is 1.65. The number of hydrogen-bond donors (Lipinski definition) is 2. The molecule has 0 saturated carbocycles. The first-order valence-electron chi connectivity index (χ1n) is 6.50. The molecule has 3 heterocycles. The minimum absolute atomic E-state index is 0.192. The fraction of sp³-hybridized carbons (Fsp3) is 0.385. The van der Waals surface area contributed by atoms with Crippen molar-refractivity contribution in [1.82, 2.24) is 24.8 Å². The number of aryl methyl sites for hydroxylation is 1. The molecule has 104 valence electrons. The van der Waals surface area contributed by atoms with Gasteiger partial charge in [0.15, 0.2) is 11.6 Å². The molecule has 0 bridgehead atoms. The van der Waals surface area contributed by atoms with E-state index in [0.717, 1.165) is 24.2 Å². The van der Waals surface area contributed by atoms with Crippen molar-refractivity contribution in [2.24, 2.45) is 0 Å². The summed E-state index contributed by atoms with van der Waals surface area (Å²) in [5, 5.41) is 9.23. The van der Waals surface area contributed by atoms with Crippen LogP contribution in [0.2, 0.25) is 0 Å². The Bertz CT molecular complexity index is 626. The van der Waals surface area contributed by atoms with Crippen molar-refractivity contribution >= 4 is 6.09 Å². The molecule has 7 heteroatoms. The molecule has 1 saturated heterocycles. The highest BCUT2D eigenvalue weighted by Gasteiger charge is 2.31. The average Bonchev–Trinajstić information content (AvgIpc) is 3.09. The first kappa shape index (κ1) is 12.6. The molecule has 1 fully saturated rings. The minimum atomic E-state index is -0.900. The Balaban J connectivity index is 2.00. The van der Waals surface area contributed by atoms with Crippen LogP contribution in [0.5, 0.6) is 0 Å². The van der Waals surface area contributed by atoms with Crippen LogP contribution in [0.15, 0.2) is 18.5 Å². The lowest BCUT2D eigenvalue weighted by molar-refractivity contribution is 0.139. The van der Waals surface area contributed by atoms with E-state index < -0.39 is 6.09 Å². The molecule has 1 aliphatic heterocycles. The van der Waals surface area contributed by atoms with Crippen LogP contribution >= 0.6 is 0 Å². The zero-order valence-electron chi connectivity index (χ0n) is 11.1. The first-order valence-corrected chi connectivity index (χ1v) is 6.50. The van der Waals surface area contributed by atoms with Crippen LogP contribution < -0.4 is 0 Å². The summed E-state index contributed by atoms with van der Waals surface area (Å²) >= 11 is 0. The fourth-order valence-electron chi connectivity index (χ4n) is 2.56. The lowest BCUT2D eigenvalue weighted by Gasteiger charge is -2.21. The van der Waals surface area contributed by atoms with Gasteiger partial charge in [-0.2, -0.15) is 0 Å². The molecule has 2 aromatic heterocycles. The van der Waals surface area contributed by atoms with E-state index in [-0.39, 0.29) is 6.04 Å². The van der Waals surface area contributed by atoms with Crippen molar-refractivity contribution in [2.75, 3.05) is 6.54 Å². The van der Waals surface area contributed by atoms with Crippen molar-refractivity contribution in [3.63, 3.8) is 0 Å². The largest absolute Gasteiger partial charge is 0.465 e. The normalized spacial score (nSPS) is 18.4. The average molecular weight is 273 g/mol.